The molecule has 0 amide bonds. The van der Waals surface area contributed by atoms with E-state index in [-0.39, 0.29) is 20.9 Å². The molecule has 1 aromatic heterocycles. The molecule has 0 aliphatic heterocycles. The smallest absolute Gasteiger partial charge is 0.265 e. The van der Waals surface area contributed by atoms with Crippen LogP contribution in [0, 0.1) is 5.82 Å². The van der Waals surface area contributed by atoms with E-state index in [1.165, 1.54) is 12.3 Å². The molecule has 0 aliphatic carbocycles. The van der Waals surface area contributed by atoms with Gasteiger partial charge in [-0.2, -0.15) is 0 Å². The van der Waals surface area contributed by atoms with Crippen molar-refractivity contribution in [1.29, 1.82) is 0 Å². The summed E-state index contributed by atoms with van der Waals surface area (Å²) < 4.78 is 39.7. The summed E-state index contributed by atoms with van der Waals surface area (Å²) in [6.07, 6.45) is 1.45. The van der Waals surface area contributed by atoms with Gasteiger partial charge in [0.25, 0.3) is 10.0 Å². The van der Waals surface area contributed by atoms with Gasteiger partial charge in [-0.15, -0.1) is 0 Å². The van der Waals surface area contributed by atoms with Crippen LogP contribution in [0.1, 0.15) is 0 Å². The zero-order valence-corrected chi connectivity index (χ0v) is 11.9. The van der Waals surface area contributed by atoms with Crippen LogP contribution in [0.15, 0.2) is 45.9 Å². The molecule has 0 aliphatic rings. The number of benzene rings is 1. The molecule has 0 fully saturated rings. The summed E-state index contributed by atoms with van der Waals surface area (Å²) in [5.41, 5.74) is 5.35. The van der Waals surface area contributed by atoms with Crippen LogP contribution in [0.25, 0.3) is 0 Å². The van der Waals surface area contributed by atoms with Gasteiger partial charge in [0.2, 0.25) is 0 Å². The second-order valence-electron chi connectivity index (χ2n) is 3.62. The summed E-state index contributed by atoms with van der Waals surface area (Å²) in [6.45, 7) is 0. The third-order valence-electron chi connectivity index (χ3n) is 2.25. The lowest BCUT2D eigenvalue weighted by atomic mass is 10.3. The van der Waals surface area contributed by atoms with Crippen LogP contribution in [0.5, 0.6) is 0 Å². The Morgan fingerprint density at radius 1 is 1.32 bits per heavy atom. The Balaban J connectivity index is 2.43. The number of nitrogens with two attached hydrogens (primary N) is 1. The second kappa shape index (κ2) is 5.14. The van der Waals surface area contributed by atoms with Crippen molar-refractivity contribution in [3.63, 3.8) is 0 Å². The van der Waals surface area contributed by atoms with Crippen molar-refractivity contribution in [3.05, 3.63) is 46.8 Å². The maximum absolute atomic E-state index is 13.2. The average Bonchev–Trinajstić information content (AvgIpc) is 2.34. The number of nitrogens with zero attached hydrogens (tertiary/aromatic N) is 1. The van der Waals surface area contributed by atoms with Crippen molar-refractivity contribution in [1.82, 2.24) is 4.98 Å². The van der Waals surface area contributed by atoms with Gasteiger partial charge in [-0.3, -0.25) is 4.72 Å². The first-order valence-corrected chi connectivity index (χ1v) is 7.36. The highest BCUT2D eigenvalue weighted by Crippen LogP contribution is 2.27. The van der Waals surface area contributed by atoms with E-state index < -0.39 is 15.8 Å². The Bertz CT molecular complexity index is 707. The number of hydrogen-bond acceptors (Lipinski definition) is 4. The van der Waals surface area contributed by atoms with Gasteiger partial charge in [-0.25, -0.2) is 17.8 Å². The molecule has 0 saturated carbocycles. The summed E-state index contributed by atoms with van der Waals surface area (Å²) in [4.78, 5) is 3.63. The fourth-order valence-electron chi connectivity index (χ4n) is 1.39. The van der Waals surface area contributed by atoms with E-state index in [4.69, 9.17) is 5.73 Å². The molecule has 2 aromatic rings. The van der Waals surface area contributed by atoms with Crippen LogP contribution < -0.4 is 10.5 Å². The standard InChI is InChI=1S/C11H9BrFN3O2S/c12-7-5-10(9(14)6-8(7)13)19(17,18)16-11-3-1-2-4-15-11/h1-6H,14H2,(H,15,16). The van der Waals surface area contributed by atoms with Crippen LogP contribution >= 0.6 is 15.9 Å². The van der Waals surface area contributed by atoms with Gasteiger partial charge in [-0.05, 0) is 40.2 Å². The molecule has 0 saturated heterocycles. The fourth-order valence-corrected chi connectivity index (χ4v) is 3.04. The van der Waals surface area contributed by atoms with E-state index in [1.54, 1.807) is 12.1 Å². The molecule has 8 heteroatoms. The molecular weight excluding hydrogens is 337 g/mol. The molecule has 0 unspecified atom stereocenters. The zero-order chi connectivity index (χ0) is 14.0. The number of sulfonamides is 1. The van der Waals surface area contributed by atoms with Gasteiger partial charge in [-0.1, -0.05) is 6.07 Å². The number of rotatable bonds is 3. The predicted octanol–water partition coefficient (Wildman–Crippen LogP) is 2.37. The molecule has 100 valence electrons. The number of nitrogens with one attached hydrogen (secondary N) is 1. The number of nitrogen functional groups attached to an aromatic ring is 1. The molecule has 0 bridgehead atoms. The van der Waals surface area contributed by atoms with Crippen LogP contribution in [0.3, 0.4) is 0 Å². The summed E-state index contributed by atoms with van der Waals surface area (Å²) in [6, 6.07) is 6.83. The number of pyridine rings is 1. The maximum Gasteiger partial charge on any atom is 0.265 e. The first-order chi connectivity index (χ1) is 8.90. The van der Waals surface area contributed by atoms with Crippen molar-refractivity contribution in [3.8, 4) is 0 Å². The third kappa shape index (κ3) is 3.02. The minimum absolute atomic E-state index is 0.0168. The second-order valence-corrected chi connectivity index (χ2v) is 6.13. The first-order valence-electron chi connectivity index (χ1n) is 5.08. The number of aromatic nitrogens is 1. The lowest BCUT2D eigenvalue weighted by Gasteiger charge is -2.10. The van der Waals surface area contributed by atoms with Gasteiger partial charge in [0.05, 0.1) is 10.2 Å². The third-order valence-corrected chi connectivity index (χ3v) is 4.26. The summed E-state index contributed by atoms with van der Waals surface area (Å²) in [5, 5.41) is 0. The monoisotopic (exact) mass is 345 g/mol. The topological polar surface area (TPSA) is 85.1 Å². The average molecular weight is 346 g/mol. The van der Waals surface area contributed by atoms with Crippen molar-refractivity contribution in [2.24, 2.45) is 0 Å². The van der Waals surface area contributed by atoms with Crippen LogP contribution in [-0.2, 0) is 10.0 Å². The highest BCUT2D eigenvalue weighted by Gasteiger charge is 2.20. The fraction of sp³-hybridized carbons (Fsp3) is 0. The van der Waals surface area contributed by atoms with Gasteiger partial charge in [0.15, 0.2) is 0 Å². The van der Waals surface area contributed by atoms with Crippen LogP contribution in [0.4, 0.5) is 15.9 Å². The van der Waals surface area contributed by atoms with Gasteiger partial charge in [0, 0.05) is 6.20 Å². The number of hydrogen-bond donors (Lipinski definition) is 2. The van der Waals surface area contributed by atoms with Crippen molar-refractivity contribution >= 4 is 37.5 Å². The molecule has 2 rings (SSSR count). The molecule has 5 nitrogen and oxygen atoms in total. The molecule has 0 atom stereocenters. The molecular formula is C11H9BrFN3O2S. The molecule has 0 radical (unpaired) electrons. The summed E-state index contributed by atoms with van der Waals surface area (Å²) in [7, 11) is -3.92. The Hall–Kier alpha value is -1.67. The lowest BCUT2D eigenvalue weighted by Crippen LogP contribution is -2.15. The molecule has 1 aromatic carbocycles. The highest BCUT2D eigenvalue weighted by molar-refractivity contribution is 9.10. The maximum atomic E-state index is 13.2. The number of anilines is 2. The quantitative estimate of drug-likeness (QED) is 0.836. The van der Waals surface area contributed by atoms with Crippen molar-refractivity contribution in [2.45, 2.75) is 4.90 Å². The molecule has 0 spiro atoms. The minimum Gasteiger partial charge on any atom is -0.398 e. The SMILES string of the molecule is Nc1cc(F)c(Br)cc1S(=O)(=O)Nc1ccccn1. The van der Waals surface area contributed by atoms with Crippen molar-refractivity contribution < 1.29 is 12.8 Å². The lowest BCUT2D eigenvalue weighted by molar-refractivity contribution is 0.599. The largest absolute Gasteiger partial charge is 0.398 e. The van der Waals surface area contributed by atoms with E-state index in [1.807, 2.05) is 0 Å². The molecule has 3 N–H and O–H groups in total. The summed E-state index contributed by atoms with van der Waals surface area (Å²) in [5.74, 6) is -0.475. The van der Waals surface area contributed by atoms with E-state index in [9.17, 15) is 12.8 Å². The van der Waals surface area contributed by atoms with E-state index in [0.717, 1.165) is 12.1 Å². The molecule has 1 heterocycles. The Kier molecular flexibility index (Phi) is 3.72. The Morgan fingerprint density at radius 3 is 2.68 bits per heavy atom. The predicted molar refractivity (Wildman–Crippen MR) is 73.6 cm³/mol. The highest BCUT2D eigenvalue weighted by atomic mass is 79.9. The number of halogens is 2. The molecule has 19 heavy (non-hydrogen) atoms. The van der Waals surface area contributed by atoms with Gasteiger partial charge in [0.1, 0.15) is 16.5 Å². The Labute approximate surface area is 117 Å². The van der Waals surface area contributed by atoms with Gasteiger partial charge >= 0.3 is 0 Å². The van der Waals surface area contributed by atoms with E-state index in [0.29, 0.717) is 0 Å². The van der Waals surface area contributed by atoms with Crippen LogP contribution in [0.2, 0.25) is 0 Å². The van der Waals surface area contributed by atoms with Crippen LogP contribution in [-0.4, -0.2) is 13.4 Å². The zero-order valence-electron chi connectivity index (χ0n) is 9.47. The van der Waals surface area contributed by atoms with E-state index >= 15 is 0 Å². The first kappa shape index (κ1) is 13.8. The normalized spacial score (nSPS) is 11.3. The Morgan fingerprint density at radius 2 is 2.05 bits per heavy atom. The summed E-state index contributed by atoms with van der Waals surface area (Å²) >= 11 is 2.92. The minimum atomic E-state index is -3.92. The van der Waals surface area contributed by atoms with Crippen molar-refractivity contribution in [2.75, 3.05) is 10.5 Å². The van der Waals surface area contributed by atoms with Gasteiger partial charge < -0.3 is 5.73 Å². The van der Waals surface area contributed by atoms with E-state index in [2.05, 4.69) is 25.6 Å².